The first-order valence-corrected chi connectivity index (χ1v) is 7.70. The molecular weight excluding hydrogens is 373 g/mol. The van der Waals surface area contributed by atoms with Crippen LogP contribution in [0.2, 0.25) is 5.02 Å². The SMILES string of the molecule is COC(CNC(=O)c1cc(Br)ccc1Cl)c1cccc(F)c1. The summed E-state index contributed by atoms with van der Waals surface area (Å²) in [5, 5.41) is 3.11. The summed E-state index contributed by atoms with van der Waals surface area (Å²) in [7, 11) is 1.51. The average molecular weight is 387 g/mol. The van der Waals surface area contributed by atoms with Crippen LogP contribution < -0.4 is 5.32 Å². The first-order chi connectivity index (χ1) is 10.5. The van der Waals surface area contributed by atoms with Crippen molar-refractivity contribution in [3.8, 4) is 0 Å². The molecule has 1 N–H and O–H groups in total. The molecule has 0 bridgehead atoms. The Bertz CT molecular complexity index is 681. The first kappa shape index (κ1) is 16.9. The topological polar surface area (TPSA) is 38.3 Å². The van der Waals surface area contributed by atoms with Gasteiger partial charge in [-0.3, -0.25) is 4.79 Å². The number of rotatable bonds is 5. The van der Waals surface area contributed by atoms with Gasteiger partial charge in [-0.15, -0.1) is 0 Å². The van der Waals surface area contributed by atoms with Crippen LogP contribution >= 0.6 is 27.5 Å². The Hall–Kier alpha value is -1.43. The maximum atomic E-state index is 13.3. The molecule has 0 aliphatic rings. The fraction of sp³-hybridized carbons (Fsp3) is 0.188. The van der Waals surface area contributed by atoms with Crippen molar-refractivity contribution in [1.82, 2.24) is 5.32 Å². The van der Waals surface area contributed by atoms with E-state index in [-0.39, 0.29) is 18.3 Å². The van der Waals surface area contributed by atoms with Crippen molar-refractivity contribution in [2.45, 2.75) is 6.10 Å². The van der Waals surface area contributed by atoms with E-state index in [0.29, 0.717) is 16.1 Å². The van der Waals surface area contributed by atoms with Crippen LogP contribution in [-0.2, 0) is 4.74 Å². The van der Waals surface area contributed by atoms with Crippen molar-refractivity contribution in [3.63, 3.8) is 0 Å². The number of carbonyl (C=O) groups excluding carboxylic acids is 1. The predicted molar refractivity (Wildman–Crippen MR) is 87.6 cm³/mol. The highest BCUT2D eigenvalue weighted by atomic mass is 79.9. The number of hydrogen-bond donors (Lipinski definition) is 1. The molecule has 22 heavy (non-hydrogen) atoms. The van der Waals surface area contributed by atoms with Gasteiger partial charge in [0.25, 0.3) is 5.91 Å². The van der Waals surface area contributed by atoms with Crippen molar-refractivity contribution in [2.24, 2.45) is 0 Å². The second-order valence-electron chi connectivity index (χ2n) is 4.61. The summed E-state index contributed by atoms with van der Waals surface area (Å²) in [5.41, 5.74) is 1.02. The Morgan fingerprint density at radius 1 is 1.36 bits per heavy atom. The van der Waals surface area contributed by atoms with Crippen molar-refractivity contribution in [1.29, 1.82) is 0 Å². The smallest absolute Gasteiger partial charge is 0.252 e. The predicted octanol–water partition coefficient (Wildman–Crippen LogP) is 4.36. The standard InChI is InChI=1S/C16H14BrClFNO2/c1-22-15(10-3-2-4-12(19)7-10)9-20-16(21)13-8-11(17)5-6-14(13)18/h2-8,15H,9H2,1H3,(H,20,21). The van der Waals surface area contributed by atoms with E-state index in [2.05, 4.69) is 21.2 Å². The fourth-order valence-corrected chi connectivity index (χ4v) is 2.56. The number of carbonyl (C=O) groups is 1. The first-order valence-electron chi connectivity index (χ1n) is 6.52. The molecule has 0 aromatic heterocycles. The summed E-state index contributed by atoms with van der Waals surface area (Å²) in [6.07, 6.45) is -0.439. The van der Waals surface area contributed by atoms with E-state index in [1.54, 1.807) is 30.3 Å². The van der Waals surface area contributed by atoms with Crippen LogP contribution in [0.25, 0.3) is 0 Å². The molecule has 0 saturated heterocycles. The molecule has 2 aromatic rings. The van der Waals surface area contributed by atoms with Crippen molar-refractivity contribution in [3.05, 3.63) is 68.9 Å². The minimum absolute atomic E-state index is 0.210. The van der Waals surface area contributed by atoms with Crippen molar-refractivity contribution < 1.29 is 13.9 Å². The Kier molecular flexibility index (Phi) is 5.94. The lowest BCUT2D eigenvalue weighted by Crippen LogP contribution is -2.29. The Balaban J connectivity index is 2.07. The van der Waals surface area contributed by atoms with Gasteiger partial charge in [0.2, 0.25) is 0 Å². The largest absolute Gasteiger partial charge is 0.375 e. The van der Waals surface area contributed by atoms with Gasteiger partial charge in [-0.05, 0) is 35.9 Å². The number of methoxy groups -OCH3 is 1. The third-order valence-corrected chi connectivity index (χ3v) is 3.95. The monoisotopic (exact) mass is 385 g/mol. The molecule has 3 nitrogen and oxygen atoms in total. The second kappa shape index (κ2) is 7.72. The third kappa shape index (κ3) is 4.29. The van der Waals surface area contributed by atoms with Gasteiger partial charge in [0, 0.05) is 18.1 Å². The molecule has 6 heteroatoms. The molecular formula is C16H14BrClFNO2. The van der Waals surface area contributed by atoms with Crippen LogP contribution in [0.4, 0.5) is 4.39 Å². The van der Waals surface area contributed by atoms with Gasteiger partial charge in [0.15, 0.2) is 0 Å². The molecule has 0 radical (unpaired) electrons. The lowest BCUT2D eigenvalue weighted by atomic mass is 10.1. The second-order valence-corrected chi connectivity index (χ2v) is 5.94. The van der Waals surface area contributed by atoms with Crippen LogP contribution in [0.1, 0.15) is 22.0 Å². The molecule has 0 fully saturated rings. The zero-order chi connectivity index (χ0) is 16.1. The van der Waals surface area contributed by atoms with E-state index in [0.717, 1.165) is 4.47 Å². The maximum Gasteiger partial charge on any atom is 0.252 e. The maximum absolute atomic E-state index is 13.3. The highest BCUT2D eigenvalue weighted by Crippen LogP contribution is 2.21. The van der Waals surface area contributed by atoms with Gasteiger partial charge < -0.3 is 10.1 Å². The number of halogens is 3. The molecule has 2 aromatic carbocycles. The molecule has 2 rings (SSSR count). The lowest BCUT2D eigenvalue weighted by Gasteiger charge is -2.17. The molecule has 0 aliphatic heterocycles. The molecule has 1 atom stereocenters. The van der Waals surface area contributed by atoms with Crippen LogP contribution in [0.5, 0.6) is 0 Å². The average Bonchev–Trinajstić information content (AvgIpc) is 2.50. The number of benzene rings is 2. The summed E-state index contributed by atoms with van der Waals surface area (Å²) in [4.78, 5) is 12.2. The third-order valence-electron chi connectivity index (χ3n) is 3.13. The molecule has 1 amide bonds. The summed E-state index contributed by atoms with van der Waals surface area (Å²) in [6.45, 7) is 0.210. The molecule has 0 saturated carbocycles. The van der Waals surface area contributed by atoms with Crippen LogP contribution in [0, 0.1) is 5.82 Å². The van der Waals surface area contributed by atoms with Gasteiger partial charge in [-0.1, -0.05) is 39.7 Å². The van der Waals surface area contributed by atoms with Crippen LogP contribution in [-0.4, -0.2) is 19.6 Å². The van der Waals surface area contributed by atoms with Crippen LogP contribution in [0.3, 0.4) is 0 Å². The summed E-state index contributed by atoms with van der Waals surface area (Å²) in [5.74, 6) is -0.661. The van der Waals surface area contributed by atoms with Gasteiger partial charge in [0.1, 0.15) is 5.82 Å². The summed E-state index contributed by atoms with van der Waals surface area (Å²) >= 11 is 9.31. The minimum atomic E-state index is -0.439. The van der Waals surface area contributed by atoms with Gasteiger partial charge in [-0.25, -0.2) is 4.39 Å². The Morgan fingerprint density at radius 2 is 2.14 bits per heavy atom. The number of amides is 1. The van der Waals surface area contributed by atoms with E-state index in [1.807, 2.05) is 0 Å². The van der Waals surface area contributed by atoms with Gasteiger partial charge >= 0.3 is 0 Å². The van der Waals surface area contributed by atoms with E-state index in [9.17, 15) is 9.18 Å². The Labute approximate surface area is 141 Å². The minimum Gasteiger partial charge on any atom is -0.375 e. The summed E-state index contributed by atoms with van der Waals surface area (Å²) < 4.78 is 19.3. The summed E-state index contributed by atoms with van der Waals surface area (Å²) in [6, 6.07) is 11.1. The number of ether oxygens (including phenoxy) is 1. The normalized spacial score (nSPS) is 12.0. The molecule has 0 aliphatic carbocycles. The fourth-order valence-electron chi connectivity index (χ4n) is 2.00. The molecule has 0 spiro atoms. The van der Waals surface area contributed by atoms with E-state index >= 15 is 0 Å². The zero-order valence-corrected chi connectivity index (χ0v) is 14.1. The molecule has 1 unspecified atom stereocenters. The van der Waals surface area contributed by atoms with E-state index in [4.69, 9.17) is 16.3 Å². The van der Waals surface area contributed by atoms with E-state index in [1.165, 1.54) is 19.2 Å². The highest BCUT2D eigenvalue weighted by Gasteiger charge is 2.15. The number of hydrogen-bond acceptors (Lipinski definition) is 2. The van der Waals surface area contributed by atoms with E-state index < -0.39 is 6.10 Å². The molecule has 116 valence electrons. The van der Waals surface area contributed by atoms with Gasteiger partial charge in [0.05, 0.1) is 16.7 Å². The van der Waals surface area contributed by atoms with Crippen molar-refractivity contribution >= 4 is 33.4 Å². The number of nitrogens with one attached hydrogen (secondary N) is 1. The Morgan fingerprint density at radius 3 is 2.82 bits per heavy atom. The highest BCUT2D eigenvalue weighted by molar-refractivity contribution is 9.10. The quantitative estimate of drug-likeness (QED) is 0.829. The zero-order valence-electron chi connectivity index (χ0n) is 11.8. The molecule has 0 heterocycles. The van der Waals surface area contributed by atoms with Crippen molar-refractivity contribution in [2.75, 3.05) is 13.7 Å². The lowest BCUT2D eigenvalue weighted by molar-refractivity contribution is 0.0827. The van der Waals surface area contributed by atoms with Crippen LogP contribution in [0.15, 0.2) is 46.9 Å². The van der Waals surface area contributed by atoms with Gasteiger partial charge in [-0.2, -0.15) is 0 Å².